The van der Waals surface area contributed by atoms with Gasteiger partial charge in [0, 0.05) is 6.54 Å². The Kier molecular flexibility index (Phi) is 4.85. The van der Waals surface area contributed by atoms with Crippen LogP contribution in [0.2, 0.25) is 0 Å². The van der Waals surface area contributed by atoms with E-state index in [2.05, 4.69) is 9.47 Å². The molecular formula is C13H14F3NO5S. The summed E-state index contributed by atoms with van der Waals surface area (Å²) in [7, 11) is -2.85. The lowest BCUT2D eigenvalue weighted by Gasteiger charge is -2.22. The highest BCUT2D eigenvalue weighted by Crippen LogP contribution is 2.29. The largest absolute Gasteiger partial charge is 0.573 e. The van der Waals surface area contributed by atoms with E-state index in [1.54, 1.807) is 0 Å². The maximum atomic E-state index is 12.5. The number of rotatable bonds is 4. The molecule has 128 valence electrons. The first kappa shape index (κ1) is 17.5. The average Bonchev–Trinajstić information content (AvgIpc) is 2.95. The number of carbonyl (C=O) groups excluding carboxylic acids is 1. The summed E-state index contributed by atoms with van der Waals surface area (Å²) in [5.74, 6) is -1.19. The zero-order valence-electron chi connectivity index (χ0n) is 12.0. The molecule has 0 radical (unpaired) electrons. The molecular weight excluding hydrogens is 339 g/mol. The van der Waals surface area contributed by atoms with E-state index in [9.17, 15) is 26.4 Å². The van der Waals surface area contributed by atoms with Gasteiger partial charge in [0.15, 0.2) is 0 Å². The van der Waals surface area contributed by atoms with E-state index in [1.807, 2.05) is 0 Å². The molecule has 23 heavy (non-hydrogen) atoms. The summed E-state index contributed by atoms with van der Waals surface area (Å²) in [6, 6.07) is 2.90. The molecule has 0 N–H and O–H groups in total. The fraction of sp³-hybridized carbons (Fsp3) is 0.462. The van der Waals surface area contributed by atoms with Gasteiger partial charge in [0.25, 0.3) is 0 Å². The molecule has 10 heteroatoms. The molecule has 0 aliphatic carbocycles. The van der Waals surface area contributed by atoms with Gasteiger partial charge in [0.1, 0.15) is 11.8 Å². The fourth-order valence-electron chi connectivity index (χ4n) is 2.35. The van der Waals surface area contributed by atoms with Crippen LogP contribution in [-0.2, 0) is 19.6 Å². The van der Waals surface area contributed by atoms with Crippen LogP contribution < -0.4 is 4.74 Å². The minimum Gasteiger partial charge on any atom is -0.468 e. The Labute approximate surface area is 130 Å². The number of hydrogen-bond donors (Lipinski definition) is 0. The predicted molar refractivity (Wildman–Crippen MR) is 72.1 cm³/mol. The standard InChI is InChI=1S/C13H14F3NO5S/c1-21-12(18)11-3-2-8-17(11)23(19,20)10-6-4-9(5-7-10)22-13(14,15)16/h4-7,11H,2-3,8H2,1H3. The summed E-state index contributed by atoms with van der Waals surface area (Å²) < 4.78 is 70.6. The molecule has 6 nitrogen and oxygen atoms in total. The monoisotopic (exact) mass is 353 g/mol. The fourth-order valence-corrected chi connectivity index (χ4v) is 3.99. The maximum Gasteiger partial charge on any atom is 0.573 e. The van der Waals surface area contributed by atoms with Crippen molar-refractivity contribution in [1.82, 2.24) is 4.31 Å². The highest BCUT2D eigenvalue weighted by atomic mass is 32.2. The van der Waals surface area contributed by atoms with Crippen molar-refractivity contribution < 1.29 is 35.9 Å². The number of hydrogen-bond acceptors (Lipinski definition) is 5. The molecule has 1 aliphatic heterocycles. The van der Waals surface area contributed by atoms with E-state index >= 15 is 0 Å². The lowest BCUT2D eigenvalue weighted by Crippen LogP contribution is -2.41. The van der Waals surface area contributed by atoms with E-state index in [-0.39, 0.29) is 11.4 Å². The Morgan fingerprint density at radius 3 is 2.39 bits per heavy atom. The molecule has 1 fully saturated rings. The molecule has 0 bridgehead atoms. The molecule has 1 aromatic rings. The highest BCUT2D eigenvalue weighted by molar-refractivity contribution is 7.89. The van der Waals surface area contributed by atoms with Gasteiger partial charge in [-0.15, -0.1) is 13.2 Å². The lowest BCUT2D eigenvalue weighted by molar-refractivity contribution is -0.274. The van der Waals surface area contributed by atoms with Crippen molar-refractivity contribution in [3.05, 3.63) is 24.3 Å². The minimum atomic E-state index is -4.86. The van der Waals surface area contributed by atoms with Crippen molar-refractivity contribution in [2.24, 2.45) is 0 Å². The quantitative estimate of drug-likeness (QED) is 0.773. The van der Waals surface area contributed by atoms with Crippen molar-refractivity contribution >= 4 is 16.0 Å². The Morgan fingerprint density at radius 2 is 1.87 bits per heavy atom. The van der Waals surface area contributed by atoms with Crippen LogP contribution in [0.1, 0.15) is 12.8 Å². The van der Waals surface area contributed by atoms with Gasteiger partial charge in [-0.05, 0) is 37.1 Å². The van der Waals surface area contributed by atoms with Gasteiger partial charge < -0.3 is 9.47 Å². The van der Waals surface area contributed by atoms with Crippen LogP contribution in [0.25, 0.3) is 0 Å². The molecule has 1 unspecified atom stereocenters. The number of nitrogens with zero attached hydrogens (tertiary/aromatic N) is 1. The number of sulfonamides is 1. The summed E-state index contributed by atoms with van der Waals surface area (Å²) in [5, 5.41) is 0. The van der Waals surface area contributed by atoms with Gasteiger partial charge in [-0.2, -0.15) is 4.31 Å². The topological polar surface area (TPSA) is 72.9 Å². The Balaban J connectivity index is 2.24. The van der Waals surface area contributed by atoms with E-state index in [1.165, 1.54) is 0 Å². The first-order valence-corrected chi connectivity index (χ1v) is 8.04. The lowest BCUT2D eigenvalue weighted by atomic mass is 10.2. The molecule has 0 spiro atoms. The van der Waals surface area contributed by atoms with Crippen molar-refractivity contribution in [2.45, 2.75) is 30.1 Å². The number of halogens is 3. The third-order valence-electron chi connectivity index (χ3n) is 3.34. The number of methoxy groups -OCH3 is 1. The average molecular weight is 353 g/mol. The van der Waals surface area contributed by atoms with Crippen molar-refractivity contribution in [3.8, 4) is 5.75 Å². The van der Waals surface area contributed by atoms with Gasteiger partial charge in [-0.3, -0.25) is 4.79 Å². The van der Waals surface area contributed by atoms with Gasteiger partial charge in [0.2, 0.25) is 10.0 Å². The van der Waals surface area contributed by atoms with Crippen LogP contribution >= 0.6 is 0 Å². The first-order chi connectivity index (χ1) is 10.6. The summed E-state index contributed by atoms with van der Waals surface area (Å²) >= 11 is 0. The molecule has 1 atom stereocenters. The molecule has 0 amide bonds. The van der Waals surface area contributed by atoms with E-state index in [0.29, 0.717) is 12.8 Å². The Hall–Kier alpha value is -1.81. The number of ether oxygens (including phenoxy) is 2. The third-order valence-corrected chi connectivity index (χ3v) is 5.26. The minimum absolute atomic E-state index is 0.142. The molecule has 2 rings (SSSR count). The number of benzene rings is 1. The highest BCUT2D eigenvalue weighted by Gasteiger charge is 2.40. The van der Waals surface area contributed by atoms with Crippen LogP contribution in [0.5, 0.6) is 5.75 Å². The number of alkyl halides is 3. The second-order valence-electron chi connectivity index (χ2n) is 4.82. The van der Waals surface area contributed by atoms with E-state index < -0.39 is 34.1 Å². The summed E-state index contributed by atoms with van der Waals surface area (Å²) in [6.07, 6.45) is -4.03. The summed E-state index contributed by atoms with van der Waals surface area (Å²) in [4.78, 5) is 11.4. The molecule has 0 saturated carbocycles. The van der Waals surface area contributed by atoms with Gasteiger partial charge in [-0.25, -0.2) is 8.42 Å². The predicted octanol–water partition coefficient (Wildman–Crippen LogP) is 1.91. The SMILES string of the molecule is COC(=O)C1CCCN1S(=O)(=O)c1ccc(OC(F)(F)F)cc1. The van der Waals surface area contributed by atoms with Crippen molar-refractivity contribution in [1.29, 1.82) is 0 Å². The zero-order valence-corrected chi connectivity index (χ0v) is 12.9. The first-order valence-electron chi connectivity index (χ1n) is 6.60. The normalized spacial score (nSPS) is 19.6. The van der Waals surface area contributed by atoms with E-state index in [0.717, 1.165) is 35.7 Å². The van der Waals surface area contributed by atoms with Crippen LogP contribution in [0, 0.1) is 0 Å². The second kappa shape index (κ2) is 6.36. The summed E-state index contributed by atoms with van der Waals surface area (Å²) in [6.45, 7) is 0.142. The summed E-state index contributed by atoms with van der Waals surface area (Å²) in [5.41, 5.74) is 0. The molecule has 1 aliphatic rings. The third kappa shape index (κ3) is 3.94. The molecule has 1 aromatic carbocycles. The van der Waals surface area contributed by atoms with Gasteiger partial charge in [-0.1, -0.05) is 0 Å². The Bertz CT molecular complexity index is 672. The molecule has 1 saturated heterocycles. The maximum absolute atomic E-state index is 12.5. The van der Waals surface area contributed by atoms with Crippen LogP contribution in [-0.4, -0.2) is 44.8 Å². The smallest absolute Gasteiger partial charge is 0.468 e. The van der Waals surface area contributed by atoms with Crippen LogP contribution in [0.3, 0.4) is 0 Å². The Morgan fingerprint density at radius 1 is 1.26 bits per heavy atom. The van der Waals surface area contributed by atoms with Crippen LogP contribution in [0.15, 0.2) is 29.2 Å². The number of carbonyl (C=O) groups is 1. The number of esters is 1. The zero-order chi connectivity index (χ0) is 17.3. The van der Waals surface area contributed by atoms with E-state index in [4.69, 9.17) is 0 Å². The van der Waals surface area contributed by atoms with Gasteiger partial charge in [0.05, 0.1) is 12.0 Å². The van der Waals surface area contributed by atoms with Gasteiger partial charge >= 0.3 is 12.3 Å². The molecule has 1 heterocycles. The second-order valence-corrected chi connectivity index (χ2v) is 6.71. The van der Waals surface area contributed by atoms with Crippen molar-refractivity contribution in [2.75, 3.05) is 13.7 Å². The van der Waals surface area contributed by atoms with Crippen LogP contribution in [0.4, 0.5) is 13.2 Å². The van der Waals surface area contributed by atoms with Crippen molar-refractivity contribution in [3.63, 3.8) is 0 Å². The molecule has 0 aromatic heterocycles.